The van der Waals surface area contributed by atoms with Gasteiger partial charge in [0.05, 0.1) is 6.10 Å². The minimum atomic E-state index is -0.0601. The molecule has 1 aliphatic rings. The molecule has 1 rings (SSSR count). The summed E-state index contributed by atoms with van der Waals surface area (Å²) in [5.41, 5.74) is 0. The molecule has 0 aromatic heterocycles. The van der Waals surface area contributed by atoms with Crippen molar-refractivity contribution in [2.45, 2.75) is 70.5 Å². The molecule has 1 fully saturated rings. The summed E-state index contributed by atoms with van der Waals surface area (Å²) in [4.78, 5) is 10.3. The Kier molecular flexibility index (Phi) is 5.85. The van der Waals surface area contributed by atoms with Crippen molar-refractivity contribution in [3.05, 3.63) is 0 Å². The molecule has 0 aromatic carbocycles. The largest absolute Gasteiger partial charge is 0.362 e. The molecular formula is C12H22O2. The predicted octanol–water partition coefficient (Wildman–Crippen LogP) is 3.09. The van der Waals surface area contributed by atoms with Gasteiger partial charge in [0, 0.05) is 0 Å². The lowest BCUT2D eigenvalue weighted by Crippen LogP contribution is -1.94. The van der Waals surface area contributed by atoms with Crippen molar-refractivity contribution in [3.63, 3.8) is 0 Å². The number of hydrogen-bond acceptors (Lipinski definition) is 2. The van der Waals surface area contributed by atoms with Gasteiger partial charge in [-0.3, -0.25) is 0 Å². The molecular weight excluding hydrogens is 176 g/mol. The summed E-state index contributed by atoms with van der Waals surface area (Å²) < 4.78 is 5.14. The third kappa shape index (κ3) is 4.75. The van der Waals surface area contributed by atoms with Crippen LogP contribution in [-0.4, -0.2) is 18.5 Å². The van der Waals surface area contributed by atoms with Crippen molar-refractivity contribution in [1.29, 1.82) is 0 Å². The standard InChI is InChI=1S/C12H22O2/c1-2-3-4-5-6-7-8-9-11-12(10-13)14-11/h10-12H,2-9H2,1H3/t11-,12-/m0/s1. The van der Waals surface area contributed by atoms with E-state index in [4.69, 9.17) is 4.74 Å². The molecule has 0 N–H and O–H groups in total. The summed E-state index contributed by atoms with van der Waals surface area (Å²) in [6.07, 6.45) is 11.5. The van der Waals surface area contributed by atoms with Crippen LogP contribution in [0.25, 0.3) is 0 Å². The SMILES string of the molecule is CCCCCCCCC[C@@H]1O[C@H]1C=O. The number of epoxide rings is 1. The fourth-order valence-electron chi connectivity index (χ4n) is 1.81. The first-order valence-corrected chi connectivity index (χ1v) is 5.99. The van der Waals surface area contributed by atoms with Gasteiger partial charge in [-0.15, -0.1) is 0 Å². The van der Waals surface area contributed by atoms with Crippen LogP contribution < -0.4 is 0 Å². The van der Waals surface area contributed by atoms with E-state index < -0.39 is 0 Å². The molecule has 2 atom stereocenters. The Bertz CT molecular complexity index is 156. The van der Waals surface area contributed by atoms with Gasteiger partial charge >= 0.3 is 0 Å². The molecule has 2 nitrogen and oxygen atoms in total. The van der Waals surface area contributed by atoms with E-state index in [1.165, 1.54) is 44.9 Å². The van der Waals surface area contributed by atoms with Gasteiger partial charge < -0.3 is 9.53 Å². The van der Waals surface area contributed by atoms with Gasteiger partial charge in [0.25, 0.3) is 0 Å². The fourth-order valence-corrected chi connectivity index (χ4v) is 1.81. The molecule has 1 saturated heterocycles. The predicted molar refractivity (Wildman–Crippen MR) is 57.3 cm³/mol. The number of carbonyl (C=O) groups is 1. The Balaban J connectivity index is 1.75. The zero-order valence-corrected chi connectivity index (χ0v) is 9.21. The molecule has 1 heterocycles. The summed E-state index contributed by atoms with van der Waals surface area (Å²) >= 11 is 0. The van der Waals surface area contributed by atoms with Gasteiger partial charge in [0.2, 0.25) is 0 Å². The first-order valence-electron chi connectivity index (χ1n) is 5.99. The van der Waals surface area contributed by atoms with Crippen LogP contribution in [0.4, 0.5) is 0 Å². The Morgan fingerprint density at radius 3 is 2.29 bits per heavy atom. The first kappa shape index (κ1) is 11.7. The highest BCUT2D eigenvalue weighted by atomic mass is 16.6. The molecule has 0 amide bonds. The molecule has 2 heteroatoms. The maximum atomic E-state index is 10.3. The second-order valence-corrected chi connectivity index (χ2v) is 4.19. The zero-order chi connectivity index (χ0) is 10.2. The highest BCUT2D eigenvalue weighted by molar-refractivity contribution is 5.60. The number of hydrogen-bond donors (Lipinski definition) is 0. The number of rotatable bonds is 9. The van der Waals surface area contributed by atoms with Crippen LogP contribution in [-0.2, 0) is 9.53 Å². The Morgan fingerprint density at radius 2 is 1.71 bits per heavy atom. The molecule has 0 radical (unpaired) electrons. The average molecular weight is 198 g/mol. The van der Waals surface area contributed by atoms with Gasteiger partial charge in [0.1, 0.15) is 6.10 Å². The Morgan fingerprint density at radius 1 is 1.07 bits per heavy atom. The third-order valence-electron chi connectivity index (χ3n) is 2.85. The van der Waals surface area contributed by atoms with Crippen molar-refractivity contribution in [2.24, 2.45) is 0 Å². The van der Waals surface area contributed by atoms with Crippen LogP contribution in [0.2, 0.25) is 0 Å². The lowest BCUT2D eigenvalue weighted by Gasteiger charge is -1.99. The smallest absolute Gasteiger partial charge is 0.151 e. The fraction of sp³-hybridized carbons (Fsp3) is 0.917. The van der Waals surface area contributed by atoms with Crippen LogP contribution in [0.1, 0.15) is 58.3 Å². The molecule has 1 aliphatic heterocycles. The number of ether oxygens (including phenoxy) is 1. The van der Waals surface area contributed by atoms with E-state index in [1.54, 1.807) is 0 Å². The lowest BCUT2D eigenvalue weighted by molar-refractivity contribution is -0.108. The number of carbonyl (C=O) groups excluding carboxylic acids is 1. The van der Waals surface area contributed by atoms with E-state index in [0.717, 1.165) is 12.7 Å². The third-order valence-corrected chi connectivity index (χ3v) is 2.85. The maximum absolute atomic E-state index is 10.3. The quantitative estimate of drug-likeness (QED) is 0.324. The van der Waals surface area contributed by atoms with Gasteiger partial charge in [0.15, 0.2) is 6.29 Å². The Hall–Kier alpha value is -0.370. The minimum absolute atomic E-state index is 0.0601. The van der Waals surface area contributed by atoms with Crippen molar-refractivity contribution in [1.82, 2.24) is 0 Å². The highest BCUT2D eigenvalue weighted by Gasteiger charge is 2.37. The van der Waals surface area contributed by atoms with Crippen LogP contribution in [0.3, 0.4) is 0 Å². The van der Waals surface area contributed by atoms with Crippen molar-refractivity contribution in [3.8, 4) is 0 Å². The monoisotopic (exact) mass is 198 g/mol. The van der Waals surface area contributed by atoms with Gasteiger partial charge in [-0.05, 0) is 6.42 Å². The topological polar surface area (TPSA) is 29.6 Å². The summed E-state index contributed by atoms with van der Waals surface area (Å²) in [5.74, 6) is 0. The first-order chi connectivity index (χ1) is 6.88. The van der Waals surface area contributed by atoms with Crippen molar-refractivity contribution < 1.29 is 9.53 Å². The molecule has 14 heavy (non-hydrogen) atoms. The van der Waals surface area contributed by atoms with Gasteiger partial charge in [-0.1, -0.05) is 51.9 Å². The molecule has 0 aliphatic carbocycles. The molecule has 82 valence electrons. The van der Waals surface area contributed by atoms with E-state index in [2.05, 4.69) is 6.92 Å². The number of aldehydes is 1. The van der Waals surface area contributed by atoms with Gasteiger partial charge in [-0.2, -0.15) is 0 Å². The van der Waals surface area contributed by atoms with E-state index in [-0.39, 0.29) is 12.2 Å². The summed E-state index contributed by atoms with van der Waals surface area (Å²) in [7, 11) is 0. The normalized spacial score (nSPS) is 24.9. The molecule has 0 aromatic rings. The molecule has 0 saturated carbocycles. The molecule has 0 spiro atoms. The summed E-state index contributed by atoms with van der Waals surface area (Å²) in [6.45, 7) is 2.24. The minimum Gasteiger partial charge on any atom is -0.362 e. The highest BCUT2D eigenvalue weighted by Crippen LogP contribution is 2.25. The number of unbranched alkanes of at least 4 members (excludes halogenated alkanes) is 6. The maximum Gasteiger partial charge on any atom is 0.151 e. The van der Waals surface area contributed by atoms with E-state index in [0.29, 0.717) is 0 Å². The van der Waals surface area contributed by atoms with Crippen molar-refractivity contribution >= 4 is 6.29 Å². The second kappa shape index (κ2) is 6.99. The average Bonchev–Trinajstić information content (AvgIpc) is 2.95. The van der Waals surface area contributed by atoms with E-state index >= 15 is 0 Å². The van der Waals surface area contributed by atoms with Crippen LogP contribution in [0, 0.1) is 0 Å². The molecule has 0 bridgehead atoms. The van der Waals surface area contributed by atoms with E-state index in [9.17, 15) is 4.79 Å². The summed E-state index contributed by atoms with van der Waals surface area (Å²) in [5, 5.41) is 0. The lowest BCUT2D eigenvalue weighted by atomic mass is 10.1. The van der Waals surface area contributed by atoms with Crippen LogP contribution in [0.15, 0.2) is 0 Å². The van der Waals surface area contributed by atoms with Gasteiger partial charge in [-0.25, -0.2) is 0 Å². The second-order valence-electron chi connectivity index (χ2n) is 4.19. The Labute approximate surface area is 87.0 Å². The van der Waals surface area contributed by atoms with Crippen LogP contribution in [0.5, 0.6) is 0 Å². The summed E-state index contributed by atoms with van der Waals surface area (Å²) in [6, 6.07) is 0. The van der Waals surface area contributed by atoms with Crippen molar-refractivity contribution in [2.75, 3.05) is 0 Å². The van der Waals surface area contributed by atoms with Crippen LogP contribution >= 0.6 is 0 Å². The molecule has 0 unspecified atom stereocenters. The van der Waals surface area contributed by atoms with E-state index in [1.807, 2.05) is 0 Å². The zero-order valence-electron chi connectivity index (χ0n) is 9.21.